The fraction of sp³-hybridized carbons (Fsp3) is 0.0435. The Kier molecular flexibility index (Phi) is 4.40. The summed E-state index contributed by atoms with van der Waals surface area (Å²) in [5.74, 6) is -0.226. The molecule has 0 atom stereocenters. The van der Waals surface area contributed by atoms with Crippen LogP contribution < -0.4 is 5.69 Å². The number of nitrogens with zero attached hydrogens (tertiary/aromatic N) is 5. The lowest BCUT2D eigenvalue weighted by Gasteiger charge is -2.09. The number of rotatable bonds is 4. The van der Waals surface area contributed by atoms with Gasteiger partial charge in [0.05, 0.1) is 12.2 Å². The summed E-state index contributed by atoms with van der Waals surface area (Å²) in [5.41, 5.74) is 2.78. The molecule has 0 saturated heterocycles. The van der Waals surface area contributed by atoms with Crippen LogP contribution in [0.15, 0.2) is 89.7 Å². The number of hydrogen-bond donors (Lipinski definition) is 0. The number of fused-ring (bicyclic) bond motifs is 1. The first-order chi connectivity index (χ1) is 14.7. The average Bonchev–Trinajstić information content (AvgIpc) is 3.11. The number of benzene rings is 3. The lowest BCUT2D eigenvalue weighted by atomic mass is 10.0. The van der Waals surface area contributed by atoms with Gasteiger partial charge in [-0.25, -0.2) is 18.3 Å². The third kappa shape index (κ3) is 3.06. The topological polar surface area (TPSA) is 65.1 Å². The van der Waals surface area contributed by atoms with Gasteiger partial charge in [-0.3, -0.25) is 0 Å². The highest BCUT2D eigenvalue weighted by atomic mass is 19.1. The van der Waals surface area contributed by atoms with E-state index < -0.39 is 5.69 Å². The molecule has 30 heavy (non-hydrogen) atoms. The van der Waals surface area contributed by atoms with Crippen molar-refractivity contribution in [2.45, 2.75) is 6.54 Å². The Labute approximate surface area is 170 Å². The number of hydrogen-bond acceptors (Lipinski definition) is 4. The molecule has 0 amide bonds. The van der Waals surface area contributed by atoms with E-state index in [1.165, 1.54) is 15.1 Å². The second kappa shape index (κ2) is 7.36. The van der Waals surface area contributed by atoms with Crippen molar-refractivity contribution in [2.75, 3.05) is 0 Å². The van der Waals surface area contributed by atoms with E-state index in [9.17, 15) is 9.18 Å². The fourth-order valence-electron chi connectivity index (χ4n) is 3.45. The largest absolute Gasteiger partial charge is 0.352 e. The first kappa shape index (κ1) is 17.9. The summed E-state index contributed by atoms with van der Waals surface area (Å²) in [4.78, 5) is 13.3. The minimum absolute atomic E-state index is 0.00374. The first-order valence-corrected chi connectivity index (χ1v) is 9.43. The highest BCUT2D eigenvalue weighted by Gasteiger charge is 2.20. The van der Waals surface area contributed by atoms with Gasteiger partial charge in [-0.2, -0.15) is 0 Å². The smallest absolute Gasteiger partial charge is 0.245 e. The van der Waals surface area contributed by atoms with E-state index in [0.29, 0.717) is 17.0 Å². The summed E-state index contributed by atoms with van der Waals surface area (Å²) >= 11 is 0. The SMILES string of the molecule is O=c1n(Cc2ccccc2F)nc2nnc(-c3ccccc3)c(-c3ccccc3)n12. The first-order valence-electron chi connectivity index (χ1n) is 9.43. The molecular formula is C23H16FN5O. The quantitative estimate of drug-likeness (QED) is 0.463. The Morgan fingerprint density at radius 2 is 1.40 bits per heavy atom. The molecule has 0 bridgehead atoms. The van der Waals surface area contributed by atoms with Crippen LogP contribution in [0, 0.1) is 5.82 Å². The summed E-state index contributed by atoms with van der Waals surface area (Å²) < 4.78 is 16.8. The van der Waals surface area contributed by atoms with Crippen molar-refractivity contribution < 1.29 is 4.39 Å². The van der Waals surface area contributed by atoms with Crippen molar-refractivity contribution in [3.8, 4) is 22.5 Å². The van der Waals surface area contributed by atoms with E-state index in [1.807, 2.05) is 60.7 Å². The Hall–Kier alpha value is -4.13. The van der Waals surface area contributed by atoms with E-state index in [2.05, 4.69) is 15.3 Å². The zero-order valence-corrected chi connectivity index (χ0v) is 15.8. The molecule has 146 valence electrons. The van der Waals surface area contributed by atoms with Gasteiger partial charge in [-0.05, 0) is 6.07 Å². The molecule has 0 N–H and O–H groups in total. The molecule has 7 heteroatoms. The predicted octanol–water partition coefficient (Wildman–Crippen LogP) is 3.81. The van der Waals surface area contributed by atoms with Gasteiger partial charge in [-0.15, -0.1) is 15.3 Å². The van der Waals surface area contributed by atoms with Crippen LogP contribution in [0.2, 0.25) is 0 Å². The molecule has 5 aromatic rings. The van der Waals surface area contributed by atoms with Crippen LogP contribution in [0.4, 0.5) is 4.39 Å². The highest BCUT2D eigenvalue weighted by molar-refractivity contribution is 5.78. The van der Waals surface area contributed by atoms with E-state index in [-0.39, 0.29) is 18.1 Å². The Morgan fingerprint density at radius 1 is 0.767 bits per heavy atom. The van der Waals surface area contributed by atoms with Crippen molar-refractivity contribution in [1.82, 2.24) is 24.4 Å². The van der Waals surface area contributed by atoms with Gasteiger partial charge in [0.2, 0.25) is 0 Å². The van der Waals surface area contributed by atoms with Crippen molar-refractivity contribution in [1.29, 1.82) is 0 Å². The van der Waals surface area contributed by atoms with Crippen LogP contribution in [0.25, 0.3) is 28.3 Å². The minimum Gasteiger partial charge on any atom is -0.245 e. The van der Waals surface area contributed by atoms with Crippen LogP contribution in [-0.2, 0) is 6.54 Å². The zero-order chi connectivity index (χ0) is 20.5. The van der Waals surface area contributed by atoms with Crippen molar-refractivity contribution in [3.63, 3.8) is 0 Å². The molecule has 2 aromatic heterocycles. The second-order valence-electron chi connectivity index (χ2n) is 6.80. The molecule has 0 saturated carbocycles. The molecule has 0 aliphatic heterocycles. The van der Waals surface area contributed by atoms with Gasteiger partial charge in [0, 0.05) is 16.7 Å². The van der Waals surface area contributed by atoms with E-state index in [4.69, 9.17) is 0 Å². The van der Waals surface area contributed by atoms with Crippen molar-refractivity contribution in [3.05, 3.63) is 107 Å². The third-order valence-corrected chi connectivity index (χ3v) is 4.88. The highest BCUT2D eigenvalue weighted by Crippen LogP contribution is 2.29. The second-order valence-corrected chi connectivity index (χ2v) is 6.80. The summed E-state index contributed by atoms with van der Waals surface area (Å²) in [7, 11) is 0. The van der Waals surface area contributed by atoms with Crippen LogP contribution in [0.1, 0.15) is 5.56 Å². The van der Waals surface area contributed by atoms with Crippen molar-refractivity contribution in [2.24, 2.45) is 0 Å². The summed E-state index contributed by atoms with van der Waals surface area (Å²) in [5, 5.41) is 12.8. The Bertz CT molecular complexity index is 1390. The van der Waals surface area contributed by atoms with Gasteiger partial charge in [0.1, 0.15) is 11.5 Å². The van der Waals surface area contributed by atoms with E-state index in [0.717, 1.165) is 11.1 Å². The zero-order valence-electron chi connectivity index (χ0n) is 15.8. The molecule has 0 unspecified atom stereocenters. The molecule has 0 aliphatic rings. The van der Waals surface area contributed by atoms with Crippen LogP contribution in [0.5, 0.6) is 0 Å². The van der Waals surface area contributed by atoms with Gasteiger partial charge in [0.15, 0.2) is 0 Å². The summed E-state index contributed by atoms with van der Waals surface area (Å²) in [6, 6.07) is 25.4. The maximum absolute atomic E-state index is 14.1. The van der Waals surface area contributed by atoms with E-state index >= 15 is 0 Å². The molecule has 2 heterocycles. The van der Waals surface area contributed by atoms with Gasteiger partial charge < -0.3 is 0 Å². The maximum Gasteiger partial charge on any atom is 0.352 e. The average molecular weight is 397 g/mol. The molecule has 3 aromatic carbocycles. The maximum atomic E-state index is 14.1. The Balaban J connectivity index is 1.77. The van der Waals surface area contributed by atoms with Crippen LogP contribution in [0.3, 0.4) is 0 Å². The molecule has 5 rings (SSSR count). The molecular weight excluding hydrogens is 381 g/mol. The molecule has 0 radical (unpaired) electrons. The van der Waals surface area contributed by atoms with Crippen molar-refractivity contribution >= 4 is 5.78 Å². The minimum atomic E-state index is -0.404. The van der Waals surface area contributed by atoms with Gasteiger partial charge in [-0.1, -0.05) is 78.9 Å². The summed E-state index contributed by atoms with van der Waals surface area (Å²) in [6.07, 6.45) is 0. The van der Waals surface area contributed by atoms with E-state index in [1.54, 1.807) is 18.2 Å². The lowest BCUT2D eigenvalue weighted by molar-refractivity contribution is 0.578. The third-order valence-electron chi connectivity index (χ3n) is 4.88. The van der Waals surface area contributed by atoms with Crippen LogP contribution in [-0.4, -0.2) is 24.4 Å². The van der Waals surface area contributed by atoms with Crippen LogP contribution >= 0.6 is 0 Å². The standard InChI is InChI=1S/C23H16FN5O/c24-19-14-8-7-13-18(19)15-28-23(30)29-21(17-11-5-2-6-12-17)20(25-26-22(29)27-28)16-9-3-1-4-10-16/h1-14H,15H2. The molecule has 0 fully saturated rings. The molecule has 6 nitrogen and oxygen atoms in total. The fourth-order valence-corrected chi connectivity index (χ4v) is 3.45. The predicted molar refractivity (Wildman–Crippen MR) is 111 cm³/mol. The monoisotopic (exact) mass is 397 g/mol. The van der Waals surface area contributed by atoms with Gasteiger partial charge >= 0.3 is 5.69 Å². The molecule has 0 spiro atoms. The Morgan fingerprint density at radius 3 is 2.10 bits per heavy atom. The number of aromatic nitrogens is 5. The summed E-state index contributed by atoms with van der Waals surface area (Å²) in [6.45, 7) is 0.00374. The lowest BCUT2D eigenvalue weighted by Crippen LogP contribution is -2.23. The van der Waals surface area contributed by atoms with Gasteiger partial charge in [0.25, 0.3) is 5.78 Å². The molecule has 0 aliphatic carbocycles. The number of halogens is 1. The normalized spacial score (nSPS) is 11.1.